The summed E-state index contributed by atoms with van der Waals surface area (Å²) in [6.07, 6.45) is -15.7. The highest BCUT2D eigenvalue weighted by Gasteiger charge is 2.56. The third kappa shape index (κ3) is 16.8. The van der Waals surface area contributed by atoms with Gasteiger partial charge in [0.15, 0.2) is 48.0 Å². The average Bonchev–Trinajstić information content (AvgIpc) is 1.25. The quantitative estimate of drug-likeness (QED) is 0.0438. The third-order valence-corrected chi connectivity index (χ3v) is 13.6. The number of ether oxygens (including phenoxy) is 14. The first-order valence-electron chi connectivity index (χ1n) is 28.1. The van der Waals surface area contributed by atoms with Gasteiger partial charge in [0.1, 0.15) is 67.7 Å². The van der Waals surface area contributed by atoms with E-state index in [1.165, 1.54) is 24.3 Å². The number of phenolic OH excluding ortho intramolecular Hbond substituents is 1. The SMILES string of the molecule is CC(=O)OCC1OC(Oc2c(-c3cc(OCc4ccccc4)c(OCc4ccccc4)c(OCc4ccccc4)c3)oc3cc(OCc4ccccc4)cc(O)c3c2=O)[C@H](OC(C)=O)C(OC(C)=O)[C@@H]1OC1OC[C@H](OC(C)=O)[C@H](OC(C)=O)C1OC(C)=O. The largest absolute Gasteiger partial charge is 0.507 e. The number of carbonyl (C=O) groups is 6. The molecule has 0 radical (unpaired) electrons. The van der Waals surface area contributed by atoms with Crippen LogP contribution in [0.15, 0.2) is 155 Å². The molecule has 23 heteroatoms. The van der Waals surface area contributed by atoms with Crippen LogP contribution in [0.5, 0.6) is 34.5 Å². The lowest BCUT2D eigenvalue weighted by Gasteiger charge is -2.47. The molecular formula is C66H64O23. The van der Waals surface area contributed by atoms with E-state index in [1.54, 1.807) is 0 Å². The van der Waals surface area contributed by atoms with Gasteiger partial charge in [-0.2, -0.15) is 0 Å². The molecule has 0 aliphatic carbocycles. The third-order valence-electron chi connectivity index (χ3n) is 13.6. The minimum Gasteiger partial charge on any atom is -0.507 e. The number of benzene rings is 6. The van der Waals surface area contributed by atoms with Gasteiger partial charge in [0.25, 0.3) is 0 Å². The number of carbonyl (C=O) groups excluding carboxylic acids is 6. The second kappa shape index (κ2) is 29.6. The number of phenols is 1. The van der Waals surface area contributed by atoms with Crippen LogP contribution in [0.3, 0.4) is 0 Å². The highest BCUT2D eigenvalue weighted by atomic mass is 16.8. The summed E-state index contributed by atoms with van der Waals surface area (Å²) in [5.74, 6) is -6.71. The molecule has 7 aromatic rings. The van der Waals surface area contributed by atoms with Crippen LogP contribution in [-0.4, -0.2) is 109 Å². The molecule has 1 N–H and O–H groups in total. The van der Waals surface area contributed by atoms with Crippen molar-refractivity contribution in [2.24, 2.45) is 0 Å². The zero-order valence-corrected chi connectivity index (χ0v) is 49.2. The number of hydrogen-bond acceptors (Lipinski definition) is 23. The van der Waals surface area contributed by atoms with E-state index in [2.05, 4.69) is 0 Å². The predicted octanol–water partition coefficient (Wildman–Crippen LogP) is 8.55. The van der Waals surface area contributed by atoms with E-state index >= 15 is 4.79 Å². The van der Waals surface area contributed by atoms with Crippen molar-refractivity contribution in [2.75, 3.05) is 13.2 Å². The van der Waals surface area contributed by atoms with E-state index in [0.717, 1.165) is 63.8 Å². The number of rotatable bonds is 24. The Morgan fingerprint density at radius 3 is 1.45 bits per heavy atom. The van der Waals surface area contributed by atoms with E-state index in [-0.39, 0.29) is 66.3 Å². The van der Waals surface area contributed by atoms with Crippen LogP contribution in [0.1, 0.15) is 63.8 Å². The lowest BCUT2D eigenvalue weighted by atomic mass is 9.97. The van der Waals surface area contributed by atoms with E-state index in [0.29, 0.717) is 0 Å². The van der Waals surface area contributed by atoms with Crippen molar-refractivity contribution < 1.29 is 105 Å². The molecule has 0 amide bonds. The van der Waals surface area contributed by atoms with Gasteiger partial charge >= 0.3 is 35.8 Å². The second-order valence-electron chi connectivity index (χ2n) is 20.5. The molecule has 1 aromatic heterocycles. The van der Waals surface area contributed by atoms with Crippen molar-refractivity contribution in [2.45, 2.75) is 123 Å². The lowest BCUT2D eigenvalue weighted by Crippen LogP contribution is -2.66. The summed E-state index contributed by atoms with van der Waals surface area (Å²) in [5, 5.41) is 11.4. The Morgan fingerprint density at radius 1 is 0.494 bits per heavy atom. The van der Waals surface area contributed by atoms with Crippen molar-refractivity contribution in [3.8, 4) is 45.8 Å². The van der Waals surface area contributed by atoms with Crippen LogP contribution >= 0.6 is 0 Å². The smallest absolute Gasteiger partial charge is 0.303 e. The summed E-state index contributed by atoms with van der Waals surface area (Å²) in [4.78, 5) is 92.6. The van der Waals surface area contributed by atoms with E-state index in [9.17, 15) is 33.9 Å². The normalized spacial score (nSPS) is 20.4. The molecule has 466 valence electrons. The number of esters is 6. The minimum atomic E-state index is -2.06. The highest BCUT2D eigenvalue weighted by molar-refractivity contribution is 5.89. The van der Waals surface area contributed by atoms with E-state index in [4.69, 9.17) is 70.7 Å². The molecule has 0 bridgehead atoms. The molecule has 2 fully saturated rings. The topological polar surface area (TPSA) is 282 Å². The van der Waals surface area contributed by atoms with Crippen LogP contribution in [-0.2, 0) is 97.8 Å². The van der Waals surface area contributed by atoms with Gasteiger partial charge in [0.2, 0.25) is 29.3 Å². The highest BCUT2D eigenvalue weighted by Crippen LogP contribution is 2.47. The van der Waals surface area contributed by atoms with Gasteiger partial charge in [0.05, 0.1) is 6.61 Å². The Morgan fingerprint density at radius 2 is 0.955 bits per heavy atom. The first-order chi connectivity index (χ1) is 42.9. The molecule has 2 aliphatic rings. The Hall–Kier alpha value is -9.97. The molecule has 9 atom stereocenters. The average molecular weight is 1230 g/mol. The molecule has 9 rings (SSSR count). The molecular weight excluding hydrogens is 1160 g/mol. The van der Waals surface area contributed by atoms with Crippen LogP contribution in [0.25, 0.3) is 22.3 Å². The first kappa shape index (κ1) is 63.5. The number of fused-ring (bicyclic) bond motifs is 1. The number of aromatic hydroxyl groups is 1. The molecule has 5 unspecified atom stereocenters. The molecule has 2 saturated heterocycles. The molecule has 0 spiro atoms. The Kier molecular flexibility index (Phi) is 21.1. The van der Waals surface area contributed by atoms with Gasteiger partial charge in [-0.3, -0.25) is 33.6 Å². The maximum atomic E-state index is 15.6. The van der Waals surface area contributed by atoms with Crippen molar-refractivity contribution in [1.29, 1.82) is 0 Å². The van der Waals surface area contributed by atoms with Gasteiger partial charge in [-0.05, 0) is 34.4 Å². The fourth-order valence-corrected chi connectivity index (χ4v) is 9.85. The first-order valence-corrected chi connectivity index (χ1v) is 28.1. The molecule has 0 saturated carbocycles. The fraction of sp³-hybridized carbons (Fsp3) is 0.318. The molecule has 2 aliphatic heterocycles. The summed E-state index contributed by atoms with van der Waals surface area (Å²) >= 11 is 0. The molecule has 89 heavy (non-hydrogen) atoms. The zero-order chi connectivity index (χ0) is 63.1. The molecule has 23 nitrogen and oxygen atoms in total. The summed E-state index contributed by atoms with van der Waals surface area (Å²) in [7, 11) is 0. The Labute approximate surface area is 510 Å². The van der Waals surface area contributed by atoms with Gasteiger partial charge < -0.3 is 75.8 Å². The van der Waals surface area contributed by atoms with Crippen molar-refractivity contribution in [1.82, 2.24) is 0 Å². The summed E-state index contributed by atoms with van der Waals surface area (Å²) in [5.41, 5.74) is 1.93. The van der Waals surface area contributed by atoms with Crippen molar-refractivity contribution in [3.63, 3.8) is 0 Å². The maximum absolute atomic E-state index is 15.6. The second-order valence-corrected chi connectivity index (χ2v) is 20.5. The number of hydrogen-bond donors (Lipinski definition) is 1. The van der Waals surface area contributed by atoms with Gasteiger partial charge in [-0.25, -0.2) is 0 Å². The van der Waals surface area contributed by atoms with E-state index in [1.807, 2.05) is 121 Å². The lowest BCUT2D eigenvalue weighted by molar-refractivity contribution is -0.342. The van der Waals surface area contributed by atoms with Crippen molar-refractivity contribution in [3.05, 3.63) is 178 Å². The Balaban J connectivity index is 1.22. The maximum Gasteiger partial charge on any atom is 0.303 e. The van der Waals surface area contributed by atoms with Crippen molar-refractivity contribution >= 4 is 46.8 Å². The van der Waals surface area contributed by atoms with E-state index < -0.39 is 127 Å². The summed E-state index contributed by atoms with van der Waals surface area (Å²) < 4.78 is 92.2. The molecule has 6 aromatic carbocycles. The zero-order valence-electron chi connectivity index (χ0n) is 49.2. The van der Waals surface area contributed by atoms with Crippen LogP contribution in [0.2, 0.25) is 0 Å². The van der Waals surface area contributed by atoms with Crippen LogP contribution in [0, 0.1) is 0 Å². The Bertz CT molecular complexity index is 3610. The van der Waals surface area contributed by atoms with Gasteiger partial charge in [0, 0.05) is 59.2 Å². The van der Waals surface area contributed by atoms with Crippen LogP contribution < -0.4 is 29.1 Å². The predicted molar refractivity (Wildman–Crippen MR) is 311 cm³/mol. The van der Waals surface area contributed by atoms with Gasteiger partial charge in [-0.1, -0.05) is 121 Å². The monoisotopic (exact) mass is 1220 g/mol. The standard InChI is InChI=1S/C66H64O23/c1-37(67)75-35-54-59(88-65-63(84-41(5)71)60(82-39(3)69)53(36-80-65)81-38(2)68)62(83-40(4)70)64(85-42(6)72)66(87-54)89-61-56(74)55-49(73)29-48(76-31-43-19-11-7-12-20-43)30-50(55)86-57(61)47-27-51(77-32-44-21-13-8-14-22-44)58(79-34-46-25-17-10-18-26-46)52(28-47)78-33-45-23-15-9-16-24-45/h7-30,53-54,59-60,62-66,73H,31-36H2,1-6H3/t53-,54?,59+,60-,62?,63?,64+,65?,66?/m0/s1. The minimum absolute atomic E-state index is 0.000304. The van der Waals surface area contributed by atoms with Gasteiger partial charge in [-0.15, -0.1) is 0 Å². The summed E-state index contributed by atoms with van der Waals surface area (Å²) in [6.45, 7) is 5.15. The van der Waals surface area contributed by atoms with Crippen LogP contribution in [0.4, 0.5) is 0 Å². The summed E-state index contributed by atoms with van der Waals surface area (Å²) in [6, 6.07) is 42.7. The fourth-order valence-electron chi connectivity index (χ4n) is 9.85. The molecule has 3 heterocycles.